The first-order valence-electron chi connectivity index (χ1n) is 6.18. The lowest BCUT2D eigenvalue weighted by molar-refractivity contribution is -0.121. The van der Waals surface area contributed by atoms with E-state index in [1.807, 2.05) is 49.4 Å². The van der Waals surface area contributed by atoms with E-state index >= 15 is 0 Å². The summed E-state index contributed by atoms with van der Waals surface area (Å²) in [6.07, 6.45) is 0.386. The van der Waals surface area contributed by atoms with Crippen LogP contribution in [0, 0.1) is 0 Å². The fourth-order valence-electron chi connectivity index (χ4n) is 1.86. The first-order chi connectivity index (χ1) is 8.81. The van der Waals surface area contributed by atoms with Crippen molar-refractivity contribution in [1.29, 1.82) is 0 Å². The van der Waals surface area contributed by atoms with Crippen LogP contribution < -0.4 is 10.1 Å². The summed E-state index contributed by atoms with van der Waals surface area (Å²) in [5, 5.41) is 4.98. The number of amides is 1. The molecule has 2 aromatic rings. The van der Waals surface area contributed by atoms with Crippen molar-refractivity contribution in [2.24, 2.45) is 0 Å². The Bertz CT molecular complexity index is 532. The fourth-order valence-corrected chi connectivity index (χ4v) is 1.86. The highest BCUT2D eigenvalue weighted by molar-refractivity contribution is 5.88. The molecule has 1 amide bonds. The van der Waals surface area contributed by atoms with Gasteiger partial charge in [-0.05, 0) is 18.4 Å². The Morgan fingerprint density at radius 1 is 1.17 bits per heavy atom. The number of carbonyl (C=O) groups is 1. The summed E-state index contributed by atoms with van der Waals surface area (Å²) >= 11 is 0. The second-order valence-corrected chi connectivity index (χ2v) is 4.03. The van der Waals surface area contributed by atoms with Crippen LogP contribution in [0.3, 0.4) is 0 Å². The highest BCUT2D eigenvalue weighted by atomic mass is 16.5. The van der Waals surface area contributed by atoms with E-state index in [1.54, 1.807) is 0 Å². The second kappa shape index (κ2) is 6.05. The molecular weight excluding hydrogens is 226 g/mol. The van der Waals surface area contributed by atoms with Gasteiger partial charge in [-0.2, -0.15) is 0 Å². The maximum absolute atomic E-state index is 11.3. The highest BCUT2D eigenvalue weighted by Crippen LogP contribution is 2.25. The molecule has 0 bridgehead atoms. The number of hydrogen-bond acceptors (Lipinski definition) is 2. The van der Waals surface area contributed by atoms with Gasteiger partial charge in [0.1, 0.15) is 5.75 Å². The van der Waals surface area contributed by atoms with Gasteiger partial charge in [0.15, 0.2) is 0 Å². The molecule has 0 saturated heterocycles. The first kappa shape index (κ1) is 12.4. The minimum atomic E-state index is 0.0257. The van der Waals surface area contributed by atoms with Gasteiger partial charge in [-0.25, -0.2) is 0 Å². The van der Waals surface area contributed by atoms with Gasteiger partial charge in [-0.1, -0.05) is 36.4 Å². The summed E-state index contributed by atoms with van der Waals surface area (Å²) in [4.78, 5) is 11.3. The van der Waals surface area contributed by atoms with Crippen molar-refractivity contribution in [2.75, 3.05) is 13.2 Å². The molecule has 0 atom stereocenters. The lowest BCUT2D eigenvalue weighted by Crippen LogP contribution is -2.24. The van der Waals surface area contributed by atoms with E-state index in [0.29, 0.717) is 19.6 Å². The number of nitrogens with one attached hydrogen (secondary N) is 1. The first-order valence-corrected chi connectivity index (χ1v) is 6.18. The van der Waals surface area contributed by atoms with Crippen LogP contribution in [0.25, 0.3) is 10.8 Å². The number of rotatable bonds is 5. The number of benzene rings is 2. The van der Waals surface area contributed by atoms with Crippen molar-refractivity contribution in [1.82, 2.24) is 5.32 Å². The van der Waals surface area contributed by atoms with Crippen LogP contribution in [-0.2, 0) is 4.79 Å². The van der Waals surface area contributed by atoms with Crippen molar-refractivity contribution >= 4 is 16.7 Å². The topological polar surface area (TPSA) is 38.3 Å². The van der Waals surface area contributed by atoms with E-state index in [2.05, 4.69) is 5.32 Å². The third kappa shape index (κ3) is 3.00. The lowest BCUT2D eigenvalue weighted by atomic mass is 10.1. The molecular formula is C15H17NO2. The predicted octanol–water partition coefficient (Wildman–Crippen LogP) is 2.74. The van der Waals surface area contributed by atoms with Crippen LogP contribution in [0.4, 0.5) is 0 Å². The van der Waals surface area contributed by atoms with E-state index in [1.165, 1.54) is 0 Å². The summed E-state index contributed by atoms with van der Waals surface area (Å²) in [6.45, 7) is 2.97. The highest BCUT2D eigenvalue weighted by Gasteiger charge is 2.03. The van der Waals surface area contributed by atoms with Crippen LogP contribution >= 0.6 is 0 Å². The predicted molar refractivity (Wildman–Crippen MR) is 72.7 cm³/mol. The molecule has 2 rings (SSSR count). The van der Waals surface area contributed by atoms with Gasteiger partial charge in [0.05, 0.1) is 13.0 Å². The van der Waals surface area contributed by atoms with E-state index in [4.69, 9.17) is 4.74 Å². The minimum absolute atomic E-state index is 0.0257. The summed E-state index contributed by atoms with van der Waals surface area (Å²) in [5.41, 5.74) is 0. The van der Waals surface area contributed by atoms with Crippen molar-refractivity contribution in [3.05, 3.63) is 42.5 Å². The summed E-state index contributed by atoms with van der Waals surface area (Å²) in [7, 11) is 0. The average molecular weight is 243 g/mol. The molecule has 0 spiro atoms. The standard InChI is InChI=1S/C15H17NO2/c1-2-16-15(17)10-11-18-14-9-5-7-12-6-3-4-8-13(12)14/h3-9H,2,10-11H2,1H3,(H,16,17). The smallest absolute Gasteiger partial charge is 0.223 e. The molecule has 3 nitrogen and oxygen atoms in total. The number of carbonyl (C=O) groups excluding carboxylic acids is 1. The molecule has 0 radical (unpaired) electrons. The lowest BCUT2D eigenvalue weighted by Gasteiger charge is -2.09. The maximum Gasteiger partial charge on any atom is 0.223 e. The largest absolute Gasteiger partial charge is 0.492 e. The SMILES string of the molecule is CCNC(=O)CCOc1cccc2ccccc12. The van der Waals surface area contributed by atoms with Gasteiger partial charge in [-0.3, -0.25) is 4.79 Å². The van der Waals surface area contributed by atoms with Gasteiger partial charge in [0.2, 0.25) is 5.91 Å². The molecule has 1 N–H and O–H groups in total. The molecule has 0 unspecified atom stereocenters. The molecule has 0 fully saturated rings. The normalized spacial score (nSPS) is 10.3. The molecule has 0 saturated carbocycles. The zero-order valence-corrected chi connectivity index (χ0v) is 10.5. The number of fused-ring (bicyclic) bond motifs is 1. The van der Waals surface area contributed by atoms with Gasteiger partial charge >= 0.3 is 0 Å². The quantitative estimate of drug-likeness (QED) is 0.877. The maximum atomic E-state index is 11.3. The third-order valence-electron chi connectivity index (χ3n) is 2.71. The molecule has 2 aromatic carbocycles. The zero-order valence-electron chi connectivity index (χ0n) is 10.5. The van der Waals surface area contributed by atoms with E-state index in [0.717, 1.165) is 16.5 Å². The summed E-state index contributed by atoms with van der Waals surface area (Å²) < 4.78 is 5.68. The van der Waals surface area contributed by atoms with E-state index in [9.17, 15) is 4.79 Å². The van der Waals surface area contributed by atoms with Crippen molar-refractivity contribution in [3.8, 4) is 5.75 Å². The molecule has 0 aromatic heterocycles. The number of ether oxygens (including phenoxy) is 1. The van der Waals surface area contributed by atoms with Crippen molar-refractivity contribution in [2.45, 2.75) is 13.3 Å². The van der Waals surface area contributed by atoms with Crippen LogP contribution in [0.5, 0.6) is 5.75 Å². The van der Waals surface area contributed by atoms with Crippen LogP contribution in [0.15, 0.2) is 42.5 Å². The molecule has 0 heterocycles. The Kier molecular flexibility index (Phi) is 4.18. The summed E-state index contributed by atoms with van der Waals surface area (Å²) in [5.74, 6) is 0.857. The van der Waals surface area contributed by atoms with Gasteiger partial charge in [-0.15, -0.1) is 0 Å². The monoisotopic (exact) mass is 243 g/mol. The Labute approximate surface area is 107 Å². The molecule has 0 aliphatic rings. The van der Waals surface area contributed by atoms with Gasteiger partial charge in [0.25, 0.3) is 0 Å². The third-order valence-corrected chi connectivity index (χ3v) is 2.71. The Balaban J connectivity index is 2.01. The van der Waals surface area contributed by atoms with Crippen molar-refractivity contribution < 1.29 is 9.53 Å². The molecule has 0 aliphatic heterocycles. The van der Waals surface area contributed by atoms with Crippen molar-refractivity contribution in [3.63, 3.8) is 0 Å². The molecule has 0 aliphatic carbocycles. The Morgan fingerprint density at radius 2 is 1.94 bits per heavy atom. The van der Waals surface area contributed by atoms with E-state index < -0.39 is 0 Å². The summed E-state index contributed by atoms with van der Waals surface area (Å²) in [6, 6.07) is 14.0. The van der Waals surface area contributed by atoms with Gasteiger partial charge in [0, 0.05) is 11.9 Å². The molecule has 3 heteroatoms. The van der Waals surface area contributed by atoms with Crippen LogP contribution in [0.2, 0.25) is 0 Å². The minimum Gasteiger partial charge on any atom is -0.492 e. The average Bonchev–Trinajstić information content (AvgIpc) is 2.39. The Hall–Kier alpha value is -2.03. The molecule has 18 heavy (non-hydrogen) atoms. The van der Waals surface area contributed by atoms with Crippen LogP contribution in [-0.4, -0.2) is 19.1 Å². The molecule has 94 valence electrons. The van der Waals surface area contributed by atoms with Crippen LogP contribution in [0.1, 0.15) is 13.3 Å². The fraction of sp³-hybridized carbons (Fsp3) is 0.267. The van der Waals surface area contributed by atoms with E-state index in [-0.39, 0.29) is 5.91 Å². The van der Waals surface area contributed by atoms with Gasteiger partial charge < -0.3 is 10.1 Å². The number of hydrogen-bond donors (Lipinski definition) is 1. The zero-order chi connectivity index (χ0) is 12.8. The second-order valence-electron chi connectivity index (χ2n) is 4.03. The Morgan fingerprint density at radius 3 is 2.78 bits per heavy atom.